The van der Waals surface area contributed by atoms with E-state index in [1.54, 1.807) is 12.0 Å². The molecule has 1 fully saturated rings. The molecule has 2 aromatic carbocycles. The molecule has 1 aromatic heterocycles. The first-order valence-corrected chi connectivity index (χ1v) is 11.4. The van der Waals surface area contributed by atoms with Crippen molar-refractivity contribution in [2.24, 2.45) is 0 Å². The molecule has 2 aliphatic rings. The lowest BCUT2D eigenvalue weighted by molar-refractivity contribution is -0.143. The fourth-order valence-corrected chi connectivity index (χ4v) is 5.72. The minimum atomic E-state index is -0.440. The third-order valence-electron chi connectivity index (χ3n) is 6.91. The zero-order valence-corrected chi connectivity index (χ0v) is 19.6. The number of methoxy groups -OCH3 is 2. The Morgan fingerprint density at radius 2 is 2.00 bits per heavy atom. The number of aliphatic hydroxyl groups excluding tert-OH is 1. The Morgan fingerprint density at radius 3 is 2.70 bits per heavy atom. The number of aromatic amines is 1. The van der Waals surface area contributed by atoms with Crippen molar-refractivity contribution in [3.8, 4) is 5.75 Å². The number of benzene rings is 2. The Kier molecular flexibility index (Phi) is 5.82. The highest BCUT2D eigenvalue weighted by Crippen LogP contribution is 2.49. The normalized spacial score (nSPS) is 19.5. The van der Waals surface area contributed by atoms with E-state index in [0.29, 0.717) is 6.54 Å². The molecular formula is C25H28ClN3O4. The van der Waals surface area contributed by atoms with Gasteiger partial charge in [0, 0.05) is 66.4 Å². The van der Waals surface area contributed by atoms with Crippen molar-refractivity contribution in [1.29, 1.82) is 0 Å². The molecule has 1 amide bonds. The molecule has 2 aliphatic heterocycles. The van der Waals surface area contributed by atoms with Crippen molar-refractivity contribution >= 4 is 28.4 Å². The van der Waals surface area contributed by atoms with E-state index >= 15 is 0 Å². The number of nitrogens with one attached hydrogen (secondary N) is 1. The van der Waals surface area contributed by atoms with E-state index in [1.165, 1.54) is 12.7 Å². The van der Waals surface area contributed by atoms with Crippen LogP contribution in [0.25, 0.3) is 10.9 Å². The maximum Gasteiger partial charge on any atom is 0.249 e. The Morgan fingerprint density at radius 1 is 1.21 bits per heavy atom. The lowest BCUT2D eigenvalue weighted by Crippen LogP contribution is -2.66. The van der Waals surface area contributed by atoms with E-state index in [2.05, 4.69) is 16.0 Å². The minimum absolute atomic E-state index is 0.0146. The number of amides is 1. The van der Waals surface area contributed by atoms with E-state index in [1.807, 2.05) is 36.4 Å². The van der Waals surface area contributed by atoms with Crippen LogP contribution < -0.4 is 4.74 Å². The topological polar surface area (TPSA) is 78.0 Å². The largest absolute Gasteiger partial charge is 0.497 e. The Labute approximate surface area is 197 Å². The number of nitrogens with zero attached hydrogens (tertiary/aromatic N) is 2. The highest BCUT2D eigenvalue weighted by Gasteiger charge is 2.53. The maximum atomic E-state index is 13.0. The molecule has 7 nitrogen and oxygen atoms in total. The molecule has 3 aromatic rings. The summed E-state index contributed by atoms with van der Waals surface area (Å²) in [5.74, 6) is 0.638. The standard InChI is InChI=1S/C25H28ClN3O4/c1-32-12-22(31)29-15-25(13-28(14-25)10-16-5-3-4-6-19(16)26)23-18-8-7-17(33-2)9-20(18)27-24(23)21(29)11-30/h3-9,21,27,30H,10-15H2,1-2H3/t21-/m1/s1. The van der Waals surface area contributed by atoms with Gasteiger partial charge in [-0.3, -0.25) is 9.69 Å². The van der Waals surface area contributed by atoms with Crippen molar-refractivity contribution in [2.45, 2.75) is 18.0 Å². The van der Waals surface area contributed by atoms with Gasteiger partial charge in [0.05, 0.1) is 19.8 Å². The van der Waals surface area contributed by atoms with E-state index in [-0.39, 0.29) is 24.5 Å². The molecule has 0 unspecified atom stereocenters. The van der Waals surface area contributed by atoms with Gasteiger partial charge in [0.25, 0.3) is 0 Å². The number of likely N-dealkylation sites (tertiary alicyclic amines) is 1. The number of rotatable bonds is 6. The number of carbonyl (C=O) groups is 1. The van der Waals surface area contributed by atoms with Gasteiger partial charge in [0.15, 0.2) is 0 Å². The van der Waals surface area contributed by atoms with E-state index in [0.717, 1.165) is 52.6 Å². The fourth-order valence-electron chi connectivity index (χ4n) is 5.52. The number of aliphatic hydroxyl groups is 1. The van der Waals surface area contributed by atoms with Crippen LogP contribution in [0, 0.1) is 0 Å². The second kappa shape index (κ2) is 8.65. The molecule has 8 heteroatoms. The van der Waals surface area contributed by atoms with Crippen LogP contribution in [0.5, 0.6) is 5.75 Å². The number of halogens is 1. The first-order chi connectivity index (χ1) is 16.0. The van der Waals surface area contributed by atoms with Gasteiger partial charge in [-0.1, -0.05) is 29.8 Å². The summed E-state index contributed by atoms with van der Waals surface area (Å²) in [5.41, 5.74) is 3.89. The van der Waals surface area contributed by atoms with Crippen LogP contribution in [0.4, 0.5) is 0 Å². The SMILES string of the molecule is COCC(=O)N1CC2(CN(Cc3ccccc3Cl)C2)c2c([nH]c3cc(OC)ccc23)[C@H]1CO. The summed E-state index contributed by atoms with van der Waals surface area (Å²) < 4.78 is 10.5. The fraction of sp³-hybridized carbons (Fsp3) is 0.400. The Balaban J connectivity index is 1.55. The van der Waals surface area contributed by atoms with Crippen LogP contribution in [-0.4, -0.2) is 72.9 Å². The lowest BCUT2D eigenvalue weighted by atomic mass is 9.68. The molecule has 0 saturated carbocycles. The van der Waals surface area contributed by atoms with Gasteiger partial charge in [0.1, 0.15) is 12.4 Å². The molecule has 1 saturated heterocycles. The molecule has 5 rings (SSSR count). The molecule has 0 aliphatic carbocycles. The van der Waals surface area contributed by atoms with Gasteiger partial charge in [-0.2, -0.15) is 0 Å². The van der Waals surface area contributed by atoms with Crippen LogP contribution in [0.3, 0.4) is 0 Å². The summed E-state index contributed by atoms with van der Waals surface area (Å²) in [4.78, 5) is 20.6. The van der Waals surface area contributed by atoms with Gasteiger partial charge in [-0.05, 0) is 29.3 Å². The molecular weight excluding hydrogens is 442 g/mol. The second-order valence-electron chi connectivity index (χ2n) is 9.00. The maximum absolute atomic E-state index is 13.0. The zero-order valence-electron chi connectivity index (χ0n) is 18.8. The third kappa shape index (κ3) is 3.69. The average Bonchev–Trinajstić information content (AvgIpc) is 3.18. The quantitative estimate of drug-likeness (QED) is 0.580. The number of aromatic nitrogens is 1. The Bertz CT molecular complexity index is 1190. The van der Waals surface area contributed by atoms with Gasteiger partial charge < -0.3 is 24.5 Å². The molecule has 1 spiro atoms. The summed E-state index contributed by atoms with van der Waals surface area (Å²) in [7, 11) is 3.16. The number of fused-ring (bicyclic) bond motifs is 4. The first kappa shape index (κ1) is 22.2. The van der Waals surface area contributed by atoms with Crippen LogP contribution in [0.2, 0.25) is 5.02 Å². The van der Waals surface area contributed by atoms with Crippen molar-refractivity contribution in [3.63, 3.8) is 0 Å². The minimum Gasteiger partial charge on any atom is -0.497 e. The molecule has 2 N–H and O–H groups in total. The molecule has 174 valence electrons. The number of ether oxygens (including phenoxy) is 2. The molecule has 0 radical (unpaired) electrons. The highest BCUT2D eigenvalue weighted by atomic mass is 35.5. The lowest BCUT2D eigenvalue weighted by Gasteiger charge is -2.56. The third-order valence-corrected chi connectivity index (χ3v) is 7.28. The van der Waals surface area contributed by atoms with Gasteiger partial charge in [0.2, 0.25) is 5.91 Å². The van der Waals surface area contributed by atoms with Crippen molar-refractivity contribution in [1.82, 2.24) is 14.8 Å². The van der Waals surface area contributed by atoms with E-state index < -0.39 is 6.04 Å². The summed E-state index contributed by atoms with van der Waals surface area (Å²) in [6.07, 6.45) is 0. The average molecular weight is 470 g/mol. The summed E-state index contributed by atoms with van der Waals surface area (Å²) >= 11 is 6.40. The van der Waals surface area contributed by atoms with Crippen molar-refractivity contribution in [3.05, 3.63) is 64.3 Å². The molecule has 3 heterocycles. The van der Waals surface area contributed by atoms with E-state index in [9.17, 15) is 9.90 Å². The molecule has 0 bridgehead atoms. The Hall–Kier alpha value is -2.58. The van der Waals surface area contributed by atoms with Gasteiger partial charge >= 0.3 is 0 Å². The monoisotopic (exact) mass is 469 g/mol. The van der Waals surface area contributed by atoms with Gasteiger partial charge in [-0.25, -0.2) is 0 Å². The van der Waals surface area contributed by atoms with Crippen molar-refractivity contribution in [2.75, 3.05) is 47.1 Å². The number of hydrogen-bond donors (Lipinski definition) is 2. The van der Waals surface area contributed by atoms with Gasteiger partial charge in [-0.15, -0.1) is 0 Å². The predicted molar refractivity (Wildman–Crippen MR) is 127 cm³/mol. The number of hydrogen-bond acceptors (Lipinski definition) is 5. The zero-order chi connectivity index (χ0) is 23.2. The predicted octanol–water partition coefficient (Wildman–Crippen LogP) is 3.11. The summed E-state index contributed by atoms with van der Waals surface area (Å²) in [6, 6.07) is 13.5. The number of H-pyrrole nitrogens is 1. The second-order valence-corrected chi connectivity index (χ2v) is 9.40. The summed E-state index contributed by atoms with van der Waals surface area (Å²) in [5, 5.41) is 12.2. The van der Waals surface area contributed by atoms with Crippen LogP contribution in [0.15, 0.2) is 42.5 Å². The smallest absolute Gasteiger partial charge is 0.249 e. The first-order valence-electron chi connectivity index (χ1n) is 11.0. The van der Waals surface area contributed by atoms with Crippen molar-refractivity contribution < 1.29 is 19.4 Å². The summed E-state index contributed by atoms with van der Waals surface area (Å²) in [6.45, 7) is 2.69. The molecule has 33 heavy (non-hydrogen) atoms. The van der Waals surface area contributed by atoms with Crippen LogP contribution >= 0.6 is 11.6 Å². The molecule has 1 atom stereocenters. The highest BCUT2D eigenvalue weighted by molar-refractivity contribution is 6.31. The number of carbonyl (C=O) groups excluding carboxylic acids is 1. The van der Waals surface area contributed by atoms with Crippen LogP contribution in [-0.2, 0) is 21.5 Å². The van der Waals surface area contributed by atoms with Crippen LogP contribution in [0.1, 0.15) is 22.9 Å². The van der Waals surface area contributed by atoms with E-state index in [4.69, 9.17) is 21.1 Å².